The van der Waals surface area contributed by atoms with E-state index in [1.165, 1.54) is 0 Å². The van der Waals surface area contributed by atoms with E-state index in [0.29, 0.717) is 5.82 Å². The Labute approximate surface area is 116 Å². The van der Waals surface area contributed by atoms with Crippen molar-refractivity contribution in [3.63, 3.8) is 0 Å². The molecule has 1 saturated heterocycles. The summed E-state index contributed by atoms with van der Waals surface area (Å²) in [6.07, 6.45) is -4.75. The van der Waals surface area contributed by atoms with Crippen molar-refractivity contribution in [1.82, 2.24) is 9.55 Å². The molecular weight excluding hydrogens is 310 g/mol. The van der Waals surface area contributed by atoms with Crippen LogP contribution in [0, 0.1) is 0 Å². The third-order valence-electron chi connectivity index (χ3n) is 2.83. The van der Waals surface area contributed by atoms with Gasteiger partial charge >= 0.3 is 13.3 Å². The molecule has 116 valence electrons. The Hall–Kier alpha value is -1.58. The van der Waals surface area contributed by atoms with Crippen LogP contribution in [0.4, 0.5) is 4.39 Å². The van der Waals surface area contributed by atoms with E-state index >= 15 is 0 Å². The normalized spacial score (nSPS) is 30.1. The molecule has 0 spiro atoms. The number of nitrogens with one attached hydrogen (secondary N) is 1. The van der Waals surface area contributed by atoms with Gasteiger partial charge in [-0.3, -0.25) is 18.9 Å². The number of nitrogens with zero attached hydrogens (tertiary/aromatic N) is 1. The van der Waals surface area contributed by atoms with Gasteiger partial charge in [-0.25, -0.2) is 9.18 Å². The number of aliphatic hydroxyl groups excluding tert-OH is 1. The van der Waals surface area contributed by atoms with E-state index in [4.69, 9.17) is 14.5 Å². The van der Waals surface area contributed by atoms with Gasteiger partial charge in [-0.05, 0) is 6.08 Å². The average molecular weight is 322 g/mol. The highest BCUT2D eigenvalue weighted by atomic mass is 31.2. The fraction of sp³-hybridized carbons (Fsp3) is 0.400. The molecule has 0 aliphatic carbocycles. The zero-order chi connectivity index (χ0) is 15.8. The second-order valence-electron chi connectivity index (χ2n) is 4.37. The van der Waals surface area contributed by atoms with E-state index in [9.17, 15) is 23.7 Å². The number of aromatic amines is 1. The third-order valence-corrected chi connectivity index (χ3v) is 3.39. The van der Waals surface area contributed by atoms with Crippen LogP contribution < -0.4 is 11.2 Å². The summed E-state index contributed by atoms with van der Waals surface area (Å²) >= 11 is 0. The van der Waals surface area contributed by atoms with Crippen molar-refractivity contribution >= 4 is 7.60 Å². The molecule has 4 N–H and O–H groups in total. The summed E-state index contributed by atoms with van der Waals surface area (Å²) in [6, 6.07) is 0.975. The van der Waals surface area contributed by atoms with Crippen LogP contribution in [0.5, 0.6) is 0 Å². The molecule has 2 heterocycles. The predicted molar refractivity (Wildman–Crippen MR) is 67.3 cm³/mol. The van der Waals surface area contributed by atoms with Crippen LogP contribution in [0.15, 0.2) is 33.7 Å². The average Bonchev–Trinajstić information content (AvgIpc) is 2.64. The lowest BCUT2D eigenvalue weighted by molar-refractivity contribution is -0.00698. The maximum absolute atomic E-state index is 14.0. The molecule has 1 aliphatic heterocycles. The van der Waals surface area contributed by atoms with E-state index in [-0.39, 0.29) is 0 Å². The lowest BCUT2D eigenvalue weighted by Gasteiger charge is -2.14. The second-order valence-corrected chi connectivity index (χ2v) is 5.85. The molecule has 11 heteroatoms. The van der Waals surface area contributed by atoms with Gasteiger partial charge in [-0.1, -0.05) is 0 Å². The number of alkyl halides is 1. The van der Waals surface area contributed by atoms with Crippen molar-refractivity contribution in [2.24, 2.45) is 0 Å². The molecule has 21 heavy (non-hydrogen) atoms. The minimum Gasteiger partial charge on any atom is -0.387 e. The highest BCUT2D eigenvalue weighted by Gasteiger charge is 2.44. The molecule has 2 rings (SSSR count). The number of H-pyrrole nitrogens is 1. The minimum absolute atomic E-state index is 0.478. The maximum atomic E-state index is 14.0. The molecular formula is C10H12FN2O7P. The first-order valence-electron chi connectivity index (χ1n) is 5.73. The Morgan fingerprint density at radius 1 is 1.43 bits per heavy atom. The molecule has 0 aromatic carbocycles. The van der Waals surface area contributed by atoms with Gasteiger partial charge < -0.3 is 19.6 Å². The lowest BCUT2D eigenvalue weighted by atomic mass is 10.1. The largest absolute Gasteiger partial charge is 0.387 e. The summed E-state index contributed by atoms with van der Waals surface area (Å²) in [6.45, 7) is 0. The predicted octanol–water partition coefficient (Wildman–Crippen LogP) is -1.18. The third kappa shape index (κ3) is 3.55. The van der Waals surface area contributed by atoms with Crippen LogP contribution in [0.1, 0.15) is 6.23 Å². The first kappa shape index (κ1) is 15.8. The Bertz CT molecular complexity index is 708. The number of rotatable bonds is 3. The molecule has 0 bridgehead atoms. The number of ether oxygens (including phenoxy) is 1. The molecule has 0 saturated carbocycles. The standard InChI is InChI=1S/C10H12FN2O7P/c11-7-8(15)5(2-4-21(17,18)19)20-9(7)13-3-1-6(14)12-10(13)16/h1-5,7-9,15H,(H,12,14,16)(H2,17,18,19)/b4-2+/t5-,7-,8-,9?/m1/s1. The van der Waals surface area contributed by atoms with Crippen molar-refractivity contribution in [2.45, 2.75) is 24.6 Å². The number of hydrogen-bond acceptors (Lipinski definition) is 5. The Balaban J connectivity index is 2.28. The van der Waals surface area contributed by atoms with E-state index in [1.54, 1.807) is 0 Å². The van der Waals surface area contributed by atoms with Gasteiger partial charge in [0.05, 0.1) is 0 Å². The molecule has 0 amide bonds. The van der Waals surface area contributed by atoms with Crippen LogP contribution in [-0.2, 0) is 9.30 Å². The molecule has 1 aromatic rings. The topological polar surface area (TPSA) is 142 Å². The molecule has 1 aliphatic rings. The van der Waals surface area contributed by atoms with Crippen LogP contribution in [-0.4, -0.2) is 42.8 Å². The van der Waals surface area contributed by atoms with Crippen LogP contribution >= 0.6 is 7.60 Å². The molecule has 1 aromatic heterocycles. The monoisotopic (exact) mass is 322 g/mol. The van der Waals surface area contributed by atoms with Crippen molar-refractivity contribution in [1.29, 1.82) is 0 Å². The van der Waals surface area contributed by atoms with Gasteiger partial charge in [0.15, 0.2) is 12.4 Å². The first-order valence-corrected chi connectivity index (χ1v) is 7.41. The van der Waals surface area contributed by atoms with Crippen molar-refractivity contribution < 1.29 is 28.6 Å². The second kappa shape index (κ2) is 5.66. The maximum Gasteiger partial charge on any atom is 0.348 e. The summed E-state index contributed by atoms with van der Waals surface area (Å²) in [7, 11) is -4.48. The zero-order valence-corrected chi connectivity index (χ0v) is 11.3. The minimum atomic E-state index is -4.48. The van der Waals surface area contributed by atoms with Crippen molar-refractivity contribution in [3.8, 4) is 0 Å². The lowest BCUT2D eigenvalue weighted by Crippen LogP contribution is -2.35. The molecule has 9 nitrogen and oxygen atoms in total. The SMILES string of the molecule is O=c1ccn(C2O[C@H](/C=C/P(=O)(O)O)[C@@H](O)[C@H]2F)c(=O)[nH]1. The number of hydrogen-bond donors (Lipinski definition) is 4. The van der Waals surface area contributed by atoms with Crippen LogP contribution in [0.25, 0.3) is 0 Å². The first-order chi connectivity index (χ1) is 9.69. The summed E-state index contributed by atoms with van der Waals surface area (Å²) in [5, 5.41) is 9.64. The fourth-order valence-electron chi connectivity index (χ4n) is 1.87. The van der Waals surface area contributed by atoms with Crippen molar-refractivity contribution in [2.75, 3.05) is 0 Å². The molecule has 1 fully saturated rings. The van der Waals surface area contributed by atoms with Gasteiger partial charge in [0, 0.05) is 18.1 Å². The highest BCUT2D eigenvalue weighted by Crippen LogP contribution is 2.38. The smallest absolute Gasteiger partial charge is 0.348 e. The van der Waals surface area contributed by atoms with Gasteiger partial charge in [0.2, 0.25) is 0 Å². The summed E-state index contributed by atoms with van der Waals surface area (Å²) in [5.74, 6) is 0.478. The quantitative estimate of drug-likeness (QED) is 0.513. The summed E-state index contributed by atoms with van der Waals surface area (Å²) < 4.78 is 30.5. The van der Waals surface area contributed by atoms with Gasteiger partial charge in [-0.15, -0.1) is 0 Å². The molecule has 4 atom stereocenters. The van der Waals surface area contributed by atoms with Crippen LogP contribution in [0.3, 0.4) is 0 Å². The number of halogens is 1. The van der Waals surface area contributed by atoms with E-state index in [0.717, 1.165) is 22.9 Å². The van der Waals surface area contributed by atoms with E-state index in [1.807, 2.05) is 4.98 Å². The summed E-state index contributed by atoms with van der Waals surface area (Å²) in [5.41, 5.74) is -1.61. The van der Waals surface area contributed by atoms with E-state index in [2.05, 4.69) is 0 Å². The molecule has 0 radical (unpaired) electrons. The van der Waals surface area contributed by atoms with Gasteiger partial charge in [-0.2, -0.15) is 0 Å². The van der Waals surface area contributed by atoms with Gasteiger partial charge in [0.1, 0.15) is 12.2 Å². The van der Waals surface area contributed by atoms with Crippen molar-refractivity contribution in [3.05, 3.63) is 45.0 Å². The number of aromatic nitrogens is 2. The summed E-state index contributed by atoms with van der Waals surface area (Å²) in [4.78, 5) is 41.7. The van der Waals surface area contributed by atoms with Gasteiger partial charge in [0.25, 0.3) is 5.56 Å². The molecule has 1 unspecified atom stereocenters. The zero-order valence-electron chi connectivity index (χ0n) is 10.4. The highest BCUT2D eigenvalue weighted by molar-refractivity contribution is 7.55. The Kier molecular flexibility index (Phi) is 4.26. The Morgan fingerprint density at radius 3 is 2.67 bits per heavy atom. The number of aliphatic hydroxyl groups is 1. The Morgan fingerprint density at radius 2 is 2.10 bits per heavy atom. The van der Waals surface area contributed by atoms with E-state index < -0.39 is 43.5 Å². The fourth-order valence-corrected chi connectivity index (χ4v) is 2.26. The van der Waals surface area contributed by atoms with Crippen LogP contribution in [0.2, 0.25) is 0 Å².